The van der Waals surface area contributed by atoms with Crippen LogP contribution in [0, 0.1) is 5.92 Å². The average Bonchev–Trinajstić information content (AvgIpc) is 1.61. The Kier molecular flexibility index (Phi) is 4.00. The molecule has 0 rings (SSSR count). The maximum absolute atomic E-state index is 4.78. The Morgan fingerprint density at radius 3 is 2.43 bits per heavy atom. The minimum absolute atomic E-state index is 0.583. The number of hydrogen-bond acceptors (Lipinski definition) is 2. The van der Waals surface area contributed by atoms with Gasteiger partial charge in [-0.05, 0) is 18.1 Å². The van der Waals surface area contributed by atoms with Crippen LogP contribution in [0.2, 0.25) is 0 Å². The lowest BCUT2D eigenvalue weighted by Crippen LogP contribution is -1.97. The molecule has 2 heteroatoms. The maximum atomic E-state index is 4.78. The smallest absolute Gasteiger partial charge is 0.146 e. The highest BCUT2D eigenvalue weighted by Crippen LogP contribution is 1.89. The van der Waals surface area contributed by atoms with Gasteiger partial charge in [0.05, 0.1) is 6.61 Å². The van der Waals surface area contributed by atoms with Gasteiger partial charge in [-0.1, -0.05) is 13.8 Å². The number of thiocarbonyl (C=S) groups is 1. The highest BCUT2D eigenvalue weighted by atomic mass is 32.1. The summed E-state index contributed by atoms with van der Waals surface area (Å²) in [6.07, 6.45) is 0. The van der Waals surface area contributed by atoms with E-state index in [1.807, 2.05) is 0 Å². The van der Waals surface area contributed by atoms with E-state index in [-0.39, 0.29) is 0 Å². The molecule has 0 aliphatic heterocycles. The van der Waals surface area contributed by atoms with E-state index in [4.69, 9.17) is 4.74 Å². The summed E-state index contributed by atoms with van der Waals surface area (Å²) in [6, 6.07) is 0. The van der Waals surface area contributed by atoms with Crippen LogP contribution in [0.5, 0.6) is 0 Å². The molecule has 42 valence electrons. The van der Waals surface area contributed by atoms with Gasteiger partial charge in [0, 0.05) is 0 Å². The zero-order valence-electron chi connectivity index (χ0n) is 4.68. The molecule has 0 N–H and O–H groups in total. The molecule has 1 nitrogen and oxygen atoms in total. The van der Waals surface area contributed by atoms with E-state index in [0.29, 0.717) is 5.92 Å². The molecule has 0 aromatic heterocycles. The second-order valence-corrected chi connectivity index (χ2v) is 2.02. The van der Waals surface area contributed by atoms with Crippen LogP contribution in [0.1, 0.15) is 13.8 Å². The van der Waals surface area contributed by atoms with Gasteiger partial charge in [0.1, 0.15) is 5.55 Å². The van der Waals surface area contributed by atoms with Gasteiger partial charge in [-0.3, -0.25) is 0 Å². The van der Waals surface area contributed by atoms with E-state index >= 15 is 0 Å². The van der Waals surface area contributed by atoms with Crippen LogP contribution >= 0.6 is 12.2 Å². The molecular weight excluding hydrogens is 108 g/mol. The molecule has 0 fully saturated rings. The van der Waals surface area contributed by atoms with Gasteiger partial charge in [-0.2, -0.15) is 0 Å². The van der Waals surface area contributed by atoms with Crippen LogP contribution in [-0.2, 0) is 4.74 Å². The maximum Gasteiger partial charge on any atom is 0.146 e. The molecule has 0 radical (unpaired) electrons. The molecule has 0 aromatic rings. The van der Waals surface area contributed by atoms with Crippen molar-refractivity contribution in [2.24, 2.45) is 5.92 Å². The molecule has 0 unspecified atom stereocenters. The largest absolute Gasteiger partial charge is 0.490 e. The van der Waals surface area contributed by atoms with Crippen molar-refractivity contribution in [3.63, 3.8) is 0 Å². The number of ether oxygens (including phenoxy) is 1. The van der Waals surface area contributed by atoms with E-state index in [2.05, 4.69) is 26.1 Å². The first-order valence-corrected chi connectivity index (χ1v) is 2.79. The average molecular weight is 118 g/mol. The predicted octanol–water partition coefficient (Wildman–Crippen LogP) is 1.62. The van der Waals surface area contributed by atoms with Crippen LogP contribution in [-0.4, -0.2) is 12.2 Å². The zero-order valence-corrected chi connectivity index (χ0v) is 5.49. The molecule has 0 bridgehead atoms. The SMILES string of the molecule is CC(C)COC=S. The first-order valence-electron chi connectivity index (χ1n) is 2.32. The molecule has 0 aliphatic rings. The van der Waals surface area contributed by atoms with Crippen molar-refractivity contribution in [3.8, 4) is 0 Å². The van der Waals surface area contributed by atoms with Crippen molar-refractivity contribution >= 4 is 17.8 Å². The Morgan fingerprint density at radius 2 is 2.29 bits per heavy atom. The van der Waals surface area contributed by atoms with Gasteiger partial charge in [0.25, 0.3) is 0 Å². The fourth-order valence-electron chi connectivity index (χ4n) is 0.232. The summed E-state index contributed by atoms with van der Waals surface area (Å²) < 4.78 is 4.78. The second-order valence-electron chi connectivity index (χ2n) is 1.82. The van der Waals surface area contributed by atoms with Gasteiger partial charge in [-0.25, -0.2) is 0 Å². The van der Waals surface area contributed by atoms with Gasteiger partial charge in [-0.15, -0.1) is 0 Å². The van der Waals surface area contributed by atoms with E-state index in [1.165, 1.54) is 5.55 Å². The molecule has 0 aromatic carbocycles. The van der Waals surface area contributed by atoms with Crippen LogP contribution in [0.4, 0.5) is 0 Å². The lowest BCUT2D eigenvalue weighted by molar-refractivity contribution is 0.277. The molecule has 0 amide bonds. The van der Waals surface area contributed by atoms with Crippen LogP contribution in [0.3, 0.4) is 0 Å². The van der Waals surface area contributed by atoms with Gasteiger partial charge in [0.15, 0.2) is 0 Å². The van der Waals surface area contributed by atoms with Crippen molar-refractivity contribution in [1.29, 1.82) is 0 Å². The van der Waals surface area contributed by atoms with Gasteiger partial charge >= 0.3 is 0 Å². The van der Waals surface area contributed by atoms with Crippen LogP contribution in [0.15, 0.2) is 0 Å². The quantitative estimate of drug-likeness (QED) is 0.521. The first kappa shape index (κ1) is 6.89. The van der Waals surface area contributed by atoms with Gasteiger partial charge < -0.3 is 4.74 Å². The van der Waals surface area contributed by atoms with Crippen LogP contribution < -0.4 is 0 Å². The third-order valence-corrected chi connectivity index (χ3v) is 0.634. The zero-order chi connectivity index (χ0) is 5.70. The summed E-state index contributed by atoms with van der Waals surface area (Å²) >= 11 is 4.42. The third-order valence-electron chi connectivity index (χ3n) is 0.498. The summed E-state index contributed by atoms with van der Waals surface area (Å²) in [7, 11) is 0. The molecular formula is C5H10OS. The summed E-state index contributed by atoms with van der Waals surface area (Å²) in [5.74, 6) is 0.583. The fourth-order valence-corrected chi connectivity index (χ4v) is 0.310. The summed E-state index contributed by atoms with van der Waals surface area (Å²) in [4.78, 5) is 0. The van der Waals surface area contributed by atoms with E-state index in [0.717, 1.165) is 6.61 Å². The molecule has 7 heavy (non-hydrogen) atoms. The molecule has 0 spiro atoms. The first-order chi connectivity index (χ1) is 3.27. The standard InChI is InChI=1S/C5H10OS/c1-5(2)3-6-4-7/h4-5H,3H2,1-2H3. The lowest BCUT2D eigenvalue weighted by Gasteiger charge is -1.99. The molecule has 0 aliphatic carbocycles. The minimum Gasteiger partial charge on any atom is -0.490 e. The van der Waals surface area contributed by atoms with E-state index in [1.54, 1.807) is 0 Å². The minimum atomic E-state index is 0.583. The Bertz CT molecular complexity index is 52.0. The Morgan fingerprint density at radius 1 is 1.71 bits per heavy atom. The van der Waals surface area contributed by atoms with Crippen molar-refractivity contribution in [2.75, 3.05) is 6.61 Å². The highest BCUT2D eigenvalue weighted by Gasteiger charge is 1.87. The second kappa shape index (κ2) is 4.06. The molecule has 0 atom stereocenters. The summed E-state index contributed by atoms with van der Waals surface area (Å²) in [6.45, 7) is 4.90. The topological polar surface area (TPSA) is 9.23 Å². The van der Waals surface area contributed by atoms with Crippen molar-refractivity contribution in [2.45, 2.75) is 13.8 Å². The highest BCUT2D eigenvalue weighted by molar-refractivity contribution is 7.78. The molecule has 0 saturated carbocycles. The van der Waals surface area contributed by atoms with Crippen LogP contribution in [0.25, 0.3) is 0 Å². The van der Waals surface area contributed by atoms with Crippen molar-refractivity contribution in [1.82, 2.24) is 0 Å². The normalized spacial score (nSPS) is 9.00. The Labute approximate surface area is 49.7 Å². The monoisotopic (exact) mass is 118 g/mol. The predicted molar refractivity (Wildman–Crippen MR) is 34.4 cm³/mol. The number of rotatable bonds is 3. The number of hydrogen-bond donors (Lipinski definition) is 0. The van der Waals surface area contributed by atoms with Crippen molar-refractivity contribution < 1.29 is 4.74 Å². The van der Waals surface area contributed by atoms with Crippen molar-refractivity contribution in [3.05, 3.63) is 0 Å². The molecule has 0 saturated heterocycles. The van der Waals surface area contributed by atoms with E-state index in [9.17, 15) is 0 Å². The molecule has 0 heterocycles. The summed E-state index contributed by atoms with van der Waals surface area (Å²) in [5, 5.41) is 0. The summed E-state index contributed by atoms with van der Waals surface area (Å²) in [5.41, 5.74) is 1.31. The Hall–Kier alpha value is -0.110. The lowest BCUT2D eigenvalue weighted by atomic mass is 10.2. The fraction of sp³-hybridized carbons (Fsp3) is 0.800. The Balaban J connectivity index is 2.81. The van der Waals surface area contributed by atoms with Gasteiger partial charge in [0.2, 0.25) is 0 Å². The van der Waals surface area contributed by atoms with E-state index < -0.39 is 0 Å². The third kappa shape index (κ3) is 5.89.